The van der Waals surface area contributed by atoms with Crippen LogP contribution in [0.4, 0.5) is 4.79 Å². The first-order chi connectivity index (χ1) is 6.74. The van der Waals surface area contributed by atoms with Crippen LogP contribution in [0.15, 0.2) is 29.0 Å². The van der Waals surface area contributed by atoms with Crippen LogP contribution in [0.3, 0.4) is 0 Å². The van der Waals surface area contributed by atoms with Gasteiger partial charge >= 0.3 is 6.09 Å². The maximum atomic E-state index is 10.8. The molecule has 0 fully saturated rings. The molecule has 0 radical (unpaired) electrons. The molecule has 4 heteroatoms. The van der Waals surface area contributed by atoms with Crippen LogP contribution >= 0.6 is 0 Å². The number of amides is 1. The molecule has 0 saturated heterocycles. The normalized spacial score (nSPS) is 12.4. The lowest BCUT2D eigenvalue weighted by atomic mass is 10.2. The summed E-state index contributed by atoms with van der Waals surface area (Å²) in [4.78, 5) is 15.3. The first-order valence-corrected chi connectivity index (χ1v) is 4.51. The zero-order valence-corrected chi connectivity index (χ0v) is 8.78. The molecule has 0 aromatic heterocycles. The summed E-state index contributed by atoms with van der Waals surface area (Å²) in [6, 6.07) is 0. The average molecular weight is 196 g/mol. The van der Waals surface area contributed by atoms with Crippen LogP contribution in [0.1, 0.15) is 20.8 Å². The number of hydrogen-bond acceptors (Lipinski definition) is 3. The van der Waals surface area contributed by atoms with E-state index in [-0.39, 0.29) is 0 Å². The second-order valence-electron chi connectivity index (χ2n) is 2.43. The van der Waals surface area contributed by atoms with Crippen molar-refractivity contribution in [3.05, 3.63) is 23.8 Å². The van der Waals surface area contributed by atoms with Crippen molar-refractivity contribution < 1.29 is 9.63 Å². The van der Waals surface area contributed by atoms with Crippen molar-refractivity contribution in [2.24, 2.45) is 5.16 Å². The van der Waals surface area contributed by atoms with E-state index in [1.165, 1.54) is 6.21 Å². The Bertz CT molecular complexity index is 255. The van der Waals surface area contributed by atoms with Gasteiger partial charge in [0, 0.05) is 6.54 Å². The van der Waals surface area contributed by atoms with Crippen LogP contribution < -0.4 is 5.32 Å². The van der Waals surface area contributed by atoms with Gasteiger partial charge in [-0.05, 0) is 26.3 Å². The smallest absolute Gasteiger partial charge is 0.320 e. The van der Waals surface area contributed by atoms with Crippen molar-refractivity contribution >= 4 is 12.3 Å². The first kappa shape index (κ1) is 12.4. The fraction of sp³-hybridized carbons (Fsp3) is 0.400. The highest BCUT2D eigenvalue weighted by Crippen LogP contribution is 1.92. The minimum atomic E-state index is -0.542. The fourth-order valence-electron chi connectivity index (χ4n) is 0.718. The number of allylic oxidation sites excluding steroid dienone is 4. The molecular weight excluding hydrogens is 180 g/mol. The van der Waals surface area contributed by atoms with E-state index in [0.717, 1.165) is 5.57 Å². The van der Waals surface area contributed by atoms with Gasteiger partial charge in [-0.15, -0.1) is 0 Å². The Morgan fingerprint density at radius 2 is 2.21 bits per heavy atom. The largest absolute Gasteiger partial charge is 0.433 e. The summed E-state index contributed by atoms with van der Waals surface area (Å²) in [7, 11) is 0. The quantitative estimate of drug-likeness (QED) is 0.324. The molecule has 0 heterocycles. The van der Waals surface area contributed by atoms with E-state index >= 15 is 0 Å². The van der Waals surface area contributed by atoms with Crippen molar-refractivity contribution in [2.75, 3.05) is 6.54 Å². The SMILES string of the molecule is C\C=C/C(/C=N/OC(=O)NCC)=C\C. The summed E-state index contributed by atoms with van der Waals surface area (Å²) in [6.45, 7) is 6.12. The number of nitrogens with one attached hydrogen (secondary N) is 1. The molecule has 0 bridgehead atoms. The van der Waals surface area contributed by atoms with Gasteiger partial charge in [-0.25, -0.2) is 4.79 Å². The summed E-state index contributed by atoms with van der Waals surface area (Å²) in [6.07, 6.45) is 6.55. The summed E-state index contributed by atoms with van der Waals surface area (Å²) < 4.78 is 0. The van der Waals surface area contributed by atoms with E-state index in [1.807, 2.05) is 39.0 Å². The van der Waals surface area contributed by atoms with Gasteiger partial charge in [0.1, 0.15) is 0 Å². The van der Waals surface area contributed by atoms with E-state index in [2.05, 4.69) is 15.3 Å². The zero-order valence-electron chi connectivity index (χ0n) is 8.78. The van der Waals surface area contributed by atoms with Gasteiger partial charge in [0.05, 0.1) is 6.21 Å². The van der Waals surface area contributed by atoms with Gasteiger partial charge in [-0.1, -0.05) is 23.4 Å². The Morgan fingerprint density at radius 3 is 2.71 bits per heavy atom. The van der Waals surface area contributed by atoms with Gasteiger partial charge in [-0.3, -0.25) is 4.84 Å². The Balaban J connectivity index is 3.98. The molecule has 0 aliphatic heterocycles. The lowest BCUT2D eigenvalue weighted by Gasteiger charge is -1.96. The molecule has 0 aromatic rings. The first-order valence-electron chi connectivity index (χ1n) is 4.51. The van der Waals surface area contributed by atoms with Crippen LogP contribution in [0.25, 0.3) is 0 Å². The highest BCUT2D eigenvalue weighted by atomic mass is 16.7. The highest BCUT2D eigenvalue weighted by Gasteiger charge is 1.95. The van der Waals surface area contributed by atoms with Gasteiger partial charge in [-0.2, -0.15) is 0 Å². The molecule has 0 aliphatic carbocycles. The van der Waals surface area contributed by atoms with Crippen molar-refractivity contribution in [3.63, 3.8) is 0 Å². The lowest BCUT2D eigenvalue weighted by Crippen LogP contribution is -2.21. The third-order valence-corrected chi connectivity index (χ3v) is 1.35. The molecule has 0 rings (SSSR count). The van der Waals surface area contributed by atoms with Crippen LogP contribution in [-0.2, 0) is 4.84 Å². The fourth-order valence-corrected chi connectivity index (χ4v) is 0.718. The van der Waals surface area contributed by atoms with E-state index in [4.69, 9.17) is 0 Å². The van der Waals surface area contributed by atoms with Gasteiger partial charge in [0.15, 0.2) is 0 Å². The van der Waals surface area contributed by atoms with Gasteiger partial charge in [0.25, 0.3) is 0 Å². The topological polar surface area (TPSA) is 50.7 Å². The van der Waals surface area contributed by atoms with E-state index in [0.29, 0.717) is 6.54 Å². The molecule has 14 heavy (non-hydrogen) atoms. The average Bonchev–Trinajstić information content (AvgIpc) is 2.17. The molecule has 0 aliphatic rings. The zero-order chi connectivity index (χ0) is 10.8. The van der Waals surface area contributed by atoms with Gasteiger partial charge in [0.2, 0.25) is 0 Å². The Kier molecular flexibility index (Phi) is 7.13. The number of oxime groups is 1. The molecule has 4 nitrogen and oxygen atoms in total. The van der Waals surface area contributed by atoms with E-state index in [1.54, 1.807) is 0 Å². The summed E-state index contributed by atoms with van der Waals surface area (Å²) in [5.74, 6) is 0. The molecular formula is C10H16N2O2. The Morgan fingerprint density at radius 1 is 1.50 bits per heavy atom. The van der Waals surface area contributed by atoms with Crippen LogP contribution in [0, 0.1) is 0 Å². The minimum Gasteiger partial charge on any atom is -0.320 e. The molecule has 0 atom stereocenters. The summed E-state index contributed by atoms with van der Waals surface area (Å²) >= 11 is 0. The molecule has 78 valence electrons. The monoisotopic (exact) mass is 196 g/mol. The maximum Gasteiger partial charge on any atom is 0.433 e. The number of carbonyl (C=O) groups is 1. The van der Waals surface area contributed by atoms with Crippen molar-refractivity contribution in [3.8, 4) is 0 Å². The highest BCUT2D eigenvalue weighted by molar-refractivity contribution is 5.82. The molecule has 0 aromatic carbocycles. The minimum absolute atomic E-state index is 0.527. The van der Waals surface area contributed by atoms with Crippen molar-refractivity contribution in [1.82, 2.24) is 5.32 Å². The number of hydrogen-bond donors (Lipinski definition) is 1. The summed E-state index contributed by atoms with van der Waals surface area (Å²) in [5.41, 5.74) is 0.886. The third kappa shape index (κ3) is 5.99. The van der Waals surface area contributed by atoms with E-state index < -0.39 is 6.09 Å². The van der Waals surface area contributed by atoms with Crippen molar-refractivity contribution in [1.29, 1.82) is 0 Å². The molecule has 1 amide bonds. The molecule has 0 unspecified atom stereocenters. The van der Waals surface area contributed by atoms with Crippen LogP contribution in [0.5, 0.6) is 0 Å². The Labute approximate surface area is 84.3 Å². The number of carbonyl (C=O) groups excluding carboxylic acids is 1. The summed E-state index contributed by atoms with van der Waals surface area (Å²) in [5, 5.41) is 5.98. The Hall–Kier alpha value is -1.58. The standard InChI is InChI=1S/C10H16N2O2/c1-4-7-9(5-2)8-12-14-10(13)11-6-3/h4-5,7-8H,6H2,1-3H3,(H,11,13)/b7-4-,9-5+,12-8+. The van der Waals surface area contributed by atoms with Crippen LogP contribution in [-0.4, -0.2) is 18.9 Å². The van der Waals surface area contributed by atoms with Crippen molar-refractivity contribution in [2.45, 2.75) is 20.8 Å². The predicted molar refractivity (Wildman–Crippen MR) is 57.2 cm³/mol. The second-order valence-corrected chi connectivity index (χ2v) is 2.43. The second kappa shape index (κ2) is 8.04. The lowest BCUT2D eigenvalue weighted by molar-refractivity contribution is 0.152. The number of nitrogens with zero attached hydrogens (tertiary/aromatic N) is 1. The van der Waals surface area contributed by atoms with Gasteiger partial charge < -0.3 is 5.32 Å². The molecule has 1 N–H and O–H groups in total. The van der Waals surface area contributed by atoms with Crippen LogP contribution in [0.2, 0.25) is 0 Å². The third-order valence-electron chi connectivity index (χ3n) is 1.35. The molecule has 0 spiro atoms. The predicted octanol–water partition coefficient (Wildman–Crippen LogP) is 2.24. The number of rotatable bonds is 4. The maximum absolute atomic E-state index is 10.8. The van der Waals surface area contributed by atoms with E-state index in [9.17, 15) is 4.79 Å². The molecule has 0 saturated carbocycles.